The van der Waals surface area contributed by atoms with Gasteiger partial charge in [-0.25, -0.2) is 0 Å². The van der Waals surface area contributed by atoms with Gasteiger partial charge in [-0.1, -0.05) is 6.07 Å². The van der Waals surface area contributed by atoms with Gasteiger partial charge < -0.3 is 24.3 Å². The van der Waals surface area contributed by atoms with Crippen molar-refractivity contribution in [1.82, 2.24) is 5.32 Å². The highest BCUT2D eigenvalue weighted by atomic mass is 35.5. The van der Waals surface area contributed by atoms with Gasteiger partial charge in [-0.3, -0.25) is 0 Å². The summed E-state index contributed by atoms with van der Waals surface area (Å²) in [5.41, 5.74) is 4.44. The molecule has 0 spiro atoms. The molecular formula is C20H24ClNO4. The molecule has 5 nitrogen and oxygen atoms in total. The highest BCUT2D eigenvalue weighted by Crippen LogP contribution is 2.36. The van der Waals surface area contributed by atoms with Crippen LogP contribution in [-0.4, -0.2) is 35.0 Å². The highest BCUT2D eigenvalue weighted by Gasteiger charge is 2.18. The first kappa shape index (κ1) is 19.8. The summed E-state index contributed by atoms with van der Waals surface area (Å²) in [6, 6.07) is 9.95. The molecule has 26 heavy (non-hydrogen) atoms. The second kappa shape index (κ2) is 8.72. The predicted molar refractivity (Wildman–Crippen MR) is 106 cm³/mol. The van der Waals surface area contributed by atoms with Gasteiger partial charge in [0.25, 0.3) is 0 Å². The van der Waals surface area contributed by atoms with Crippen LogP contribution in [0.3, 0.4) is 0 Å². The lowest BCUT2D eigenvalue weighted by Gasteiger charge is -2.23. The third-order valence-corrected chi connectivity index (χ3v) is 4.33. The van der Waals surface area contributed by atoms with Crippen LogP contribution < -0.4 is 24.3 Å². The summed E-state index contributed by atoms with van der Waals surface area (Å²) in [5.74, 6) is 2.91. The molecule has 1 N–H and O–H groups in total. The standard InChI is InChI=1S/C20H23NO4.ClH/c1-22-17-6-5-13(10-18(17)23-2)9-16-15-12-20(25-4)19(24-3)11-14(15)7-8-21-16;/h5-6,9-12,21H,7-8H2,1-4H3;1H/b16-9-;. The topological polar surface area (TPSA) is 49.0 Å². The van der Waals surface area contributed by atoms with Crippen molar-refractivity contribution in [3.63, 3.8) is 0 Å². The second-order valence-corrected chi connectivity index (χ2v) is 5.71. The molecule has 0 atom stereocenters. The molecule has 0 aromatic heterocycles. The number of ether oxygens (including phenoxy) is 4. The fraction of sp³-hybridized carbons (Fsp3) is 0.300. The van der Waals surface area contributed by atoms with E-state index in [-0.39, 0.29) is 12.4 Å². The fourth-order valence-electron chi connectivity index (χ4n) is 3.04. The molecule has 1 heterocycles. The van der Waals surface area contributed by atoms with Crippen LogP contribution >= 0.6 is 12.4 Å². The molecule has 1 aliphatic heterocycles. The molecule has 2 aromatic carbocycles. The maximum atomic E-state index is 5.45. The summed E-state index contributed by atoms with van der Waals surface area (Å²) in [4.78, 5) is 0. The van der Waals surface area contributed by atoms with E-state index < -0.39 is 0 Å². The fourth-order valence-corrected chi connectivity index (χ4v) is 3.04. The van der Waals surface area contributed by atoms with Gasteiger partial charge in [-0.05, 0) is 47.9 Å². The summed E-state index contributed by atoms with van der Waals surface area (Å²) < 4.78 is 21.6. The molecule has 2 aromatic rings. The van der Waals surface area contributed by atoms with Crippen molar-refractivity contribution in [3.8, 4) is 23.0 Å². The largest absolute Gasteiger partial charge is 0.493 e. The van der Waals surface area contributed by atoms with E-state index in [9.17, 15) is 0 Å². The SMILES string of the molecule is COc1ccc(/C=C2\NCCc3cc(OC)c(OC)cc32)cc1OC.Cl. The molecule has 6 heteroatoms. The molecule has 0 bridgehead atoms. The molecule has 0 fully saturated rings. The van der Waals surface area contributed by atoms with E-state index in [0.717, 1.165) is 41.3 Å². The zero-order valence-electron chi connectivity index (χ0n) is 15.4. The number of rotatable bonds is 5. The third kappa shape index (κ3) is 3.83. The predicted octanol–water partition coefficient (Wildman–Crippen LogP) is 3.79. The minimum Gasteiger partial charge on any atom is -0.493 e. The van der Waals surface area contributed by atoms with Gasteiger partial charge in [0.2, 0.25) is 0 Å². The second-order valence-electron chi connectivity index (χ2n) is 5.71. The number of hydrogen-bond acceptors (Lipinski definition) is 5. The van der Waals surface area contributed by atoms with Crippen molar-refractivity contribution in [2.24, 2.45) is 0 Å². The van der Waals surface area contributed by atoms with Crippen LogP contribution in [0.25, 0.3) is 11.8 Å². The number of methoxy groups -OCH3 is 4. The Morgan fingerprint density at radius 3 is 2.08 bits per heavy atom. The van der Waals surface area contributed by atoms with Crippen LogP contribution in [0, 0.1) is 0 Å². The van der Waals surface area contributed by atoms with Gasteiger partial charge >= 0.3 is 0 Å². The summed E-state index contributed by atoms with van der Waals surface area (Å²) >= 11 is 0. The van der Waals surface area contributed by atoms with E-state index in [4.69, 9.17) is 18.9 Å². The summed E-state index contributed by atoms with van der Waals surface area (Å²) in [6.45, 7) is 0.877. The Hall–Kier alpha value is -2.53. The van der Waals surface area contributed by atoms with Gasteiger partial charge in [0.05, 0.1) is 28.4 Å². The van der Waals surface area contributed by atoms with Gasteiger partial charge in [0, 0.05) is 17.8 Å². The van der Waals surface area contributed by atoms with Crippen molar-refractivity contribution >= 4 is 24.2 Å². The lowest BCUT2D eigenvalue weighted by atomic mass is 9.96. The Morgan fingerprint density at radius 2 is 1.42 bits per heavy atom. The molecule has 0 saturated heterocycles. The minimum absolute atomic E-state index is 0. The first-order valence-corrected chi connectivity index (χ1v) is 8.13. The molecule has 0 saturated carbocycles. The molecule has 1 aliphatic rings. The molecule has 0 aliphatic carbocycles. The van der Waals surface area contributed by atoms with E-state index >= 15 is 0 Å². The maximum absolute atomic E-state index is 5.45. The van der Waals surface area contributed by atoms with E-state index in [0.29, 0.717) is 11.5 Å². The normalized spacial score (nSPS) is 13.9. The Bertz CT molecular complexity index is 805. The van der Waals surface area contributed by atoms with E-state index in [1.165, 1.54) is 5.56 Å². The van der Waals surface area contributed by atoms with Crippen molar-refractivity contribution in [2.75, 3.05) is 35.0 Å². The first-order valence-electron chi connectivity index (χ1n) is 8.13. The van der Waals surface area contributed by atoms with Crippen molar-refractivity contribution in [3.05, 3.63) is 47.0 Å². The van der Waals surface area contributed by atoms with Crippen LogP contribution in [0.2, 0.25) is 0 Å². The molecular weight excluding hydrogens is 354 g/mol. The van der Waals surface area contributed by atoms with E-state index in [1.54, 1.807) is 28.4 Å². The lowest BCUT2D eigenvalue weighted by Crippen LogP contribution is -2.22. The van der Waals surface area contributed by atoms with Gasteiger partial charge in [-0.15, -0.1) is 12.4 Å². The Morgan fingerprint density at radius 1 is 0.808 bits per heavy atom. The monoisotopic (exact) mass is 377 g/mol. The van der Waals surface area contributed by atoms with Crippen molar-refractivity contribution < 1.29 is 18.9 Å². The number of fused-ring (bicyclic) bond motifs is 1. The average molecular weight is 378 g/mol. The van der Waals surface area contributed by atoms with E-state index in [2.05, 4.69) is 17.5 Å². The van der Waals surface area contributed by atoms with Gasteiger partial charge in [-0.2, -0.15) is 0 Å². The Labute approximate surface area is 160 Å². The van der Waals surface area contributed by atoms with Crippen LogP contribution in [0.15, 0.2) is 30.3 Å². The van der Waals surface area contributed by atoms with Gasteiger partial charge in [0.1, 0.15) is 0 Å². The minimum atomic E-state index is 0. The summed E-state index contributed by atoms with van der Waals surface area (Å²) in [6.07, 6.45) is 3.05. The molecule has 0 radical (unpaired) electrons. The number of nitrogens with one attached hydrogen (secondary N) is 1. The van der Waals surface area contributed by atoms with Crippen LogP contribution in [0.4, 0.5) is 0 Å². The van der Waals surface area contributed by atoms with Crippen molar-refractivity contribution in [2.45, 2.75) is 6.42 Å². The van der Waals surface area contributed by atoms with Crippen LogP contribution in [0.1, 0.15) is 16.7 Å². The quantitative estimate of drug-likeness (QED) is 0.859. The van der Waals surface area contributed by atoms with Crippen LogP contribution in [-0.2, 0) is 6.42 Å². The smallest absolute Gasteiger partial charge is 0.161 e. The zero-order chi connectivity index (χ0) is 17.8. The maximum Gasteiger partial charge on any atom is 0.161 e. The van der Waals surface area contributed by atoms with Crippen LogP contribution in [0.5, 0.6) is 23.0 Å². The Kier molecular flexibility index (Phi) is 6.64. The average Bonchev–Trinajstić information content (AvgIpc) is 2.66. The Balaban J connectivity index is 0.00000243. The first-order chi connectivity index (χ1) is 12.2. The lowest BCUT2D eigenvalue weighted by molar-refractivity contribution is 0.354. The van der Waals surface area contributed by atoms with E-state index in [1.807, 2.05) is 24.3 Å². The number of halogens is 1. The number of hydrogen-bond donors (Lipinski definition) is 1. The number of benzene rings is 2. The van der Waals surface area contributed by atoms with Crippen molar-refractivity contribution in [1.29, 1.82) is 0 Å². The molecule has 140 valence electrons. The summed E-state index contributed by atoms with van der Waals surface area (Å²) in [5, 5.41) is 3.47. The zero-order valence-corrected chi connectivity index (χ0v) is 16.2. The molecule has 0 amide bonds. The van der Waals surface area contributed by atoms with Gasteiger partial charge in [0.15, 0.2) is 23.0 Å². The third-order valence-electron chi connectivity index (χ3n) is 4.33. The molecule has 3 rings (SSSR count). The summed E-state index contributed by atoms with van der Waals surface area (Å²) in [7, 11) is 6.58. The molecule has 0 unspecified atom stereocenters. The highest BCUT2D eigenvalue weighted by molar-refractivity contribution is 5.85.